The number of likely N-dealkylation sites (N-methyl/N-ethyl adjacent to an activating group) is 1. The van der Waals surface area contributed by atoms with Crippen LogP contribution in [0.15, 0.2) is 10.7 Å². The maximum atomic E-state index is 6.59. The van der Waals surface area contributed by atoms with Crippen molar-refractivity contribution < 1.29 is 0 Å². The number of nitrogens with zero attached hydrogens (tertiary/aromatic N) is 3. The third kappa shape index (κ3) is 4.06. The Hall–Kier alpha value is -0.390. The van der Waals surface area contributed by atoms with Crippen molar-refractivity contribution in [2.24, 2.45) is 11.7 Å². The van der Waals surface area contributed by atoms with Gasteiger partial charge < -0.3 is 10.6 Å². The minimum Gasteiger partial charge on any atom is -0.322 e. The molecule has 0 aliphatic heterocycles. The zero-order valence-corrected chi connectivity index (χ0v) is 14.3. The van der Waals surface area contributed by atoms with E-state index in [1.807, 2.05) is 6.20 Å². The van der Waals surface area contributed by atoms with Crippen LogP contribution in [0.1, 0.15) is 50.3 Å². The van der Waals surface area contributed by atoms with Crippen molar-refractivity contribution in [3.63, 3.8) is 0 Å². The largest absolute Gasteiger partial charge is 0.322 e. The third-order valence-electron chi connectivity index (χ3n) is 4.32. The molecule has 1 aromatic rings. The molecule has 5 heteroatoms. The second-order valence-corrected chi connectivity index (χ2v) is 7.04. The summed E-state index contributed by atoms with van der Waals surface area (Å²) in [6, 6.07) is 0.104. The number of hydrogen-bond donors (Lipinski definition) is 1. The highest BCUT2D eigenvalue weighted by Gasteiger charge is 2.25. The molecule has 1 unspecified atom stereocenters. The van der Waals surface area contributed by atoms with Crippen molar-refractivity contribution in [3.8, 4) is 0 Å². The summed E-state index contributed by atoms with van der Waals surface area (Å²) < 4.78 is 3.15. The van der Waals surface area contributed by atoms with E-state index in [1.165, 1.54) is 44.2 Å². The van der Waals surface area contributed by atoms with Crippen molar-refractivity contribution in [3.05, 3.63) is 16.4 Å². The maximum Gasteiger partial charge on any atom is 0.0696 e. The molecule has 0 spiro atoms. The summed E-state index contributed by atoms with van der Waals surface area (Å²) in [5, 5.41) is 4.49. The van der Waals surface area contributed by atoms with E-state index < -0.39 is 0 Å². The molecule has 20 heavy (non-hydrogen) atoms. The number of rotatable bonds is 5. The smallest absolute Gasteiger partial charge is 0.0696 e. The minimum absolute atomic E-state index is 0.104. The summed E-state index contributed by atoms with van der Waals surface area (Å²) in [7, 11) is 4.17. The van der Waals surface area contributed by atoms with E-state index in [0.29, 0.717) is 5.92 Å². The van der Waals surface area contributed by atoms with Crippen molar-refractivity contribution in [1.29, 1.82) is 0 Å². The Morgan fingerprint density at radius 3 is 2.60 bits per heavy atom. The van der Waals surface area contributed by atoms with E-state index in [-0.39, 0.29) is 6.04 Å². The van der Waals surface area contributed by atoms with Gasteiger partial charge >= 0.3 is 0 Å². The third-order valence-corrected chi connectivity index (χ3v) is 4.93. The molecular weight excluding hydrogens is 316 g/mol. The predicted molar refractivity (Wildman–Crippen MR) is 86.6 cm³/mol. The van der Waals surface area contributed by atoms with Gasteiger partial charge in [-0.1, -0.05) is 25.7 Å². The molecule has 2 N–H and O–H groups in total. The van der Waals surface area contributed by atoms with Gasteiger partial charge in [-0.2, -0.15) is 5.10 Å². The van der Waals surface area contributed by atoms with Crippen molar-refractivity contribution in [2.45, 2.75) is 51.1 Å². The molecular formula is C15H27BrN4. The van der Waals surface area contributed by atoms with Gasteiger partial charge in [-0.25, -0.2) is 0 Å². The molecule has 1 heterocycles. The molecule has 0 bridgehead atoms. The van der Waals surface area contributed by atoms with E-state index >= 15 is 0 Å². The monoisotopic (exact) mass is 342 g/mol. The molecule has 1 atom stereocenters. The first-order chi connectivity index (χ1) is 9.59. The molecule has 1 fully saturated rings. The molecule has 1 saturated carbocycles. The molecule has 0 saturated heterocycles. The van der Waals surface area contributed by atoms with Crippen molar-refractivity contribution in [2.75, 3.05) is 20.6 Å². The summed E-state index contributed by atoms with van der Waals surface area (Å²) in [4.78, 5) is 2.18. The van der Waals surface area contributed by atoms with Gasteiger partial charge in [-0.3, -0.25) is 4.68 Å². The van der Waals surface area contributed by atoms with E-state index in [1.54, 1.807) is 0 Å². The highest BCUT2D eigenvalue weighted by atomic mass is 79.9. The fraction of sp³-hybridized carbons (Fsp3) is 0.800. The minimum atomic E-state index is 0.104. The quantitative estimate of drug-likeness (QED) is 0.836. The number of aromatic nitrogens is 2. The summed E-state index contributed by atoms with van der Waals surface area (Å²) in [5.41, 5.74) is 7.77. The van der Waals surface area contributed by atoms with Crippen LogP contribution < -0.4 is 5.73 Å². The van der Waals surface area contributed by atoms with E-state index in [9.17, 15) is 0 Å². The normalized spacial score (nSPS) is 19.2. The van der Waals surface area contributed by atoms with Gasteiger partial charge in [-0.05, 0) is 48.8 Å². The van der Waals surface area contributed by atoms with Crippen LogP contribution in [0, 0.1) is 5.92 Å². The van der Waals surface area contributed by atoms with Gasteiger partial charge in [0.05, 0.1) is 29.0 Å². The zero-order valence-electron chi connectivity index (χ0n) is 12.7. The molecule has 0 aromatic carbocycles. The molecule has 1 aliphatic carbocycles. The lowest BCUT2D eigenvalue weighted by molar-refractivity contribution is 0.338. The SMILES string of the molecule is CN(C)CCn1ncc(Br)c1C(N)C1CCCCCC1. The van der Waals surface area contributed by atoms with Crippen LogP contribution in [-0.2, 0) is 6.54 Å². The fourth-order valence-corrected chi connectivity index (χ4v) is 3.63. The first-order valence-electron chi connectivity index (χ1n) is 7.71. The van der Waals surface area contributed by atoms with Gasteiger partial charge in [0, 0.05) is 6.54 Å². The fourth-order valence-electron chi connectivity index (χ4n) is 3.07. The van der Waals surface area contributed by atoms with E-state index in [4.69, 9.17) is 5.73 Å². The average Bonchev–Trinajstić information content (AvgIpc) is 2.64. The van der Waals surface area contributed by atoms with Crippen LogP contribution in [0.4, 0.5) is 0 Å². The average molecular weight is 343 g/mol. The van der Waals surface area contributed by atoms with Crippen molar-refractivity contribution >= 4 is 15.9 Å². The number of halogens is 1. The van der Waals surface area contributed by atoms with Crippen LogP contribution in [0.25, 0.3) is 0 Å². The predicted octanol–water partition coefficient (Wildman–Crippen LogP) is 3.18. The van der Waals surface area contributed by atoms with Crippen LogP contribution in [-0.4, -0.2) is 35.3 Å². The van der Waals surface area contributed by atoms with E-state index in [2.05, 4.69) is 44.7 Å². The van der Waals surface area contributed by atoms with Crippen molar-refractivity contribution in [1.82, 2.24) is 14.7 Å². The standard InChI is InChI=1S/C15H27BrN4/c1-19(2)9-10-20-15(13(16)11-18-20)14(17)12-7-5-3-4-6-8-12/h11-12,14H,3-10,17H2,1-2H3. The summed E-state index contributed by atoms with van der Waals surface area (Å²) in [5.74, 6) is 0.601. The summed E-state index contributed by atoms with van der Waals surface area (Å²) in [6.07, 6.45) is 9.78. The number of nitrogens with two attached hydrogens (primary N) is 1. The van der Waals surface area contributed by atoms with Crippen LogP contribution in [0.5, 0.6) is 0 Å². The molecule has 0 amide bonds. The highest BCUT2D eigenvalue weighted by molar-refractivity contribution is 9.10. The van der Waals surface area contributed by atoms with Crippen LogP contribution in [0.2, 0.25) is 0 Å². The topological polar surface area (TPSA) is 47.1 Å². The lowest BCUT2D eigenvalue weighted by Crippen LogP contribution is -2.27. The van der Waals surface area contributed by atoms with Gasteiger partial charge in [0.2, 0.25) is 0 Å². The number of hydrogen-bond acceptors (Lipinski definition) is 3. The molecule has 4 nitrogen and oxygen atoms in total. The maximum absolute atomic E-state index is 6.59. The summed E-state index contributed by atoms with van der Waals surface area (Å²) in [6.45, 7) is 1.88. The Balaban J connectivity index is 2.11. The van der Waals surface area contributed by atoms with Crippen LogP contribution in [0.3, 0.4) is 0 Å². The second kappa shape index (κ2) is 7.57. The molecule has 2 rings (SSSR count). The molecule has 1 aliphatic rings. The van der Waals surface area contributed by atoms with Gasteiger partial charge in [-0.15, -0.1) is 0 Å². The first-order valence-corrected chi connectivity index (χ1v) is 8.50. The van der Waals surface area contributed by atoms with Gasteiger partial charge in [0.15, 0.2) is 0 Å². The summed E-state index contributed by atoms with van der Waals surface area (Å²) >= 11 is 3.63. The molecule has 0 radical (unpaired) electrons. The van der Waals surface area contributed by atoms with E-state index in [0.717, 1.165) is 17.6 Å². The second-order valence-electron chi connectivity index (χ2n) is 6.18. The highest BCUT2D eigenvalue weighted by Crippen LogP contribution is 2.34. The lowest BCUT2D eigenvalue weighted by Gasteiger charge is -2.24. The Kier molecular flexibility index (Phi) is 6.05. The first kappa shape index (κ1) is 16.0. The Morgan fingerprint density at radius 1 is 1.35 bits per heavy atom. The van der Waals surface area contributed by atoms with Gasteiger partial charge in [0.25, 0.3) is 0 Å². The molecule has 114 valence electrons. The Bertz CT molecular complexity index is 408. The Labute approximate surface area is 130 Å². The lowest BCUT2D eigenvalue weighted by atomic mass is 9.90. The Morgan fingerprint density at radius 2 is 2.00 bits per heavy atom. The molecule has 1 aromatic heterocycles. The van der Waals surface area contributed by atoms with Crippen LogP contribution >= 0.6 is 15.9 Å². The van der Waals surface area contributed by atoms with Gasteiger partial charge in [0.1, 0.15) is 0 Å². The zero-order chi connectivity index (χ0) is 14.5.